The Kier molecular flexibility index (Phi) is 5.57. The molecule has 1 amide bonds. The summed E-state index contributed by atoms with van der Waals surface area (Å²) in [5, 5.41) is 14.1. The molecular formula is C25H32N2O2. The van der Waals surface area contributed by atoms with E-state index < -0.39 is 0 Å². The van der Waals surface area contributed by atoms with Gasteiger partial charge in [0.1, 0.15) is 5.75 Å². The van der Waals surface area contributed by atoms with Crippen molar-refractivity contribution in [2.24, 2.45) is 11.0 Å². The van der Waals surface area contributed by atoms with E-state index in [1.54, 1.807) is 6.07 Å². The summed E-state index contributed by atoms with van der Waals surface area (Å²) in [6.45, 7) is 12.9. The standard InChI is InChI=1S/C25H32N2O2/c1-24(2,3)18-9-7-16(8-10-18)20-14-21(20)23(29)27-26-15-17-13-19(25(4,5)6)11-12-22(17)28/h7-13,15,20-21,28H,14H2,1-6H3,(H,27,29)/b26-15+/t20-,21+/m0/s1. The molecule has 1 fully saturated rings. The molecule has 2 atom stereocenters. The van der Waals surface area contributed by atoms with E-state index in [0.717, 1.165) is 12.0 Å². The third-order valence-electron chi connectivity index (χ3n) is 5.60. The topological polar surface area (TPSA) is 61.7 Å². The normalized spacial score (nSPS) is 19.4. The Morgan fingerprint density at radius 3 is 2.17 bits per heavy atom. The highest BCUT2D eigenvalue weighted by atomic mass is 16.3. The zero-order valence-electron chi connectivity index (χ0n) is 18.3. The predicted molar refractivity (Wildman–Crippen MR) is 119 cm³/mol. The second-order valence-electron chi connectivity index (χ2n) is 10.1. The number of phenolic OH excluding ortho intramolecular Hbond substituents is 1. The van der Waals surface area contributed by atoms with Crippen LogP contribution in [0.4, 0.5) is 0 Å². The Hall–Kier alpha value is -2.62. The van der Waals surface area contributed by atoms with Gasteiger partial charge in [0.05, 0.1) is 6.21 Å². The first kappa shape index (κ1) is 21.1. The molecule has 4 nitrogen and oxygen atoms in total. The van der Waals surface area contributed by atoms with Crippen LogP contribution in [0.5, 0.6) is 5.75 Å². The highest BCUT2D eigenvalue weighted by Crippen LogP contribution is 2.47. The molecule has 1 aliphatic carbocycles. The number of rotatable bonds is 4. The molecule has 2 aromatic carbocycles. The van der Waals surface area contributed by atoms with E-state index in [2.05, 4.69) is 76.3 Å². The quantitative estimate of drug-likeness (QED) is 0.552. The Balaban J connectivity index is 1.60. The van der Waals surface area contributed by atoms with Gasteiger partial charge in [-0.3, -0.25) is 4.79 Å². The molecule has 3 rings (SSSR count). The van der Waals surface area contributed by atoms with Crippen LogP contribution < -0.4 is 5.43 Å². The molecule has 4 heteroatoms. The number of carbonyl (C=O) groups excluding carboxylic acids is 1. The first-order chi connectivity index (χ1) is 13.5. The molecule has 0 aromatic heterocycles. The van der Waals surface area contributed by atoms with Gasteiger partial charge >= 0.3 is 0 Å². The van der Waals surface area contributed by atoms with Gasteiger partial charge in [0.25, 0.3) is 0 Å². The molecule has 2 aromatic rings. The lowest BCUT2D eigenvalue weighted by Crippen LogP contribution is -2.20. The number of hydrazone groups is 1. The molecule has 1 aliphatic rings. The summed E-state index contributed by atoms with van der Waals surface area (Å²) in [5.41, 5.74) is 6.94. The number of carbonyl (C=O) groups is 1. The molecule has 2 N–H and O–H groups in total. The van der Waals surface area contributed by atoms with Crippen LogP contribution >= 0.6 is 0 Å². The average molecular weight is 393 g/mol. The smallest absolute Gasteiger partial charge is 0.243 e. The summed E-state index contributed by atoms with van der Waals surface area (Å²) in [6, 6.07) is 14.1. The van der Waals surface area contributed by atoms with Crippen molar-refractivity contribution in [3.63, 3.8) is 0 Å². The van der Waals surface area contributed by atoms with Gasteiger partial charge in [-0.25, -0.2) is 5.43 Å². The maximum Gasteiger partial charge on any atom is 0.243 e. The van der Waals surface area contributed by atoms with Gasteiger partial charge in [-0.05, 0) is 52.0 Å². The Bertz CT molecular complexity index is 915. The second-order valence-corrected chi connectivity index (χ2v) is 10.1. The summed E-state index contributed by atoms with van der Waals surface area (Å²) < 4.78 is 0. The SMILES string of the molecule is CC(C)(C)c1ccc([C@@H]2C[C@H]2C(=O)N/N=C/c2cc(C(C)(C)C)ccc2O)cc1. The van der Waals surface area contributed by atoms with Crippen LogP contribution in [0, 0.1) is 5.92 Å². The maximum absolute atomic E-state index is 12.4. The van der Waals surface area contributed by atoms with Crippen molar-refractivity contribution in [3.8, 4) is 5.75 Å². The number of phenols is 1. The highest BCUT2D eigenvalue weighted by Gasteiger charge is 2.44. The third-order valence-corrected chi connectivity index (χ3v) is 5.60. The van der Waals surface area contributed by atoms with Gasteiger partial charge in [0.2, 0.25) is 5.91 Å². The van der Waals surface area contributed by atoms with Gasteiger partial charge < -0.3 is 5.11 Å². The second kappa shape index (κ2) is 7.66. The summed E-state index contributed by atoms with van der Waals surface area (Å²) in [5.74, 6) is 0.302. The molecule has 0 aliphatic heterocycles. The third kappa shape index (κ3) is 5.06. The fourth-order valence-corrected chi connectivity index (χ4v) is 3.46. The van der Waals surface area contributed by atoms with Crippen molar-refractivity contribution in [1.82, 2.24) is 5.43 Å². The monoisotopic (exact) mass is 392 g/mol. The summed E-state index contributed by atoms with van der Waals surface area (Å²) in [6.07, 6.45) is 2.36. The van der Waals surface area contributed by atoms with Gasteiger partial charge in [0, 0.05) is 11.5 Å². The van der Waals surface area contributed by atoms with Crippen molar-refractivity contribution in [3.05, 3.63) is 64.7 Å². The molecule has 0 radical (unpaired) electrons. The molecule has 0 unspecified atom stereocenters. The zero-order chi connectivity index (χ0) is 21.4. The summed E-state index contributed by atoms with van der Waals surface area (Å²) in [7, 11) is 0. The summed E-state index contributed by atoms with van der Waals surface area (Å²) >= 11 is 0. The minimum atomic E-state index is -0.0717. The highest BCUT2D eigenvalue weighted by molar-refractivity contribution is 5.87. The van der Waals surface area contributed by atoms with E-state index in [1.807, 2.05) is 12.1 Å². The van der Waals surface area contributed by atoms with Crippen molar-refractivity contribution >= 4 is 12.1 Å². The lowest BCUT2D eigenvalue weighted by molar-refractivity contribution is -0.122. The molecule has 0 heterocycles. The molecule has 0 bridgehead atoms. The van der Waals surface area contributed by atoms with E-state index in [9.17, 15) is 9.90 Å². The van der Waals surface area contributed by atoms with E-state index >= 15 is 0 Å². The minimum absolute atomic E-state index is 0.0245. The van der Waals surface area contributed by atoms with Gasteiger partial charge in [-0.15, -0.1) is 0 Å². The maximum atomic E-state index is 12.4. The fraction of sp³-hybridized carbons (Fsp3) is 0.440. The Morgan fingerprint density at radius 2 is 1.59 bits per heavy atom. The lowest BCUT2D eigenvalue weighted by Gasteiger charge is -2.19. The largest absolute Gasteiger partial charge is 0.507 e. The number of nitrogens with one attached hydrogen (secondary N) is 1. The zero-order valence-corrected chi connectivity index (χ0v) is 18.3. The molecule has 1 saturated carbocycles. The fourth-order valence-electron chi connectivity index (χ4n) is 3.46. The molecule has 0 saturated heterocycles. The molecule has 0 spiro atoms. The van der Waals surface area contributed by atoms with Crippen LogP contribution in [0.1, 0.15) is 76.1 Å². The van der Waals surface area contributed by atoms with Crippen molar-refractivity contribution < 1.29 is 9.90 Å². The van der Waals surface area contributed by atoms with Crippen molar-refractivity contribution in [1.29, 1.82) is 0 Å². The molecule has 154 valence electrons. The number of nitrogens with zero attached hydrogens (tertiary/aromatic N) is 1. The first-order valence-corrected chi connectivity index (χ1v) is 10.2. The van der Waals surface area contributed by atoms with Crippen molar-refractivity contribution in [2.45, 2.75) is 64.7 Å². The van der Waals surface area contributed by atoms with Crippen LogP contribution in [0.25, 0.3) is 0 Å². The average Bonchev–Trinajstić information content (AvgIpc) is 3.42. The van der Waals surface area contributed by atoms with Crippen LogP contribution in [0.2, 0.25) is 0 Å². The van der Waals surface area contributed by atoms with Crippen LogP contribution in [-0.2, 0) is 15.6 Å². The molecule has 29 heavy (non-hydrogen) atoms. The Labute approximate surface area is 174 Å². The van der Waals surface area contributed by atoms with Crippen LogP contribution in [0.15, 0.2) is 47.6 Å². The van der Waals surface area contributed by atoms with E-state index in [4.69, 9.17) is 0 Å². The Morgan fingerprint density at radius 1 is 1.00 bits per heavy atom. The van der Waals surface area contributed by atoms with Crippen LogP contribution in [-0.4, -0.2) is 17.2 Å². The number of aromatic hydroxyl groups is 1. The van der Waals surface area contributed by atoms with Gasteiger partial charge in [0.15, 0.2) is 0 Å². The first-order valence-electron chi connectivity index (χ1n) is 10.2. The minimum Gasteiger partial charge on any atom is -0.507 e. The number of hydrogen-bond donors (Lipinski definition) is 2. The number of benzene rings is 2. The van der Waals surface area contributed by atoms with Gasteiger partial charge in [-0.2, -0.15) is 5.10 Å². The van der Waals surface area contributed by atoms with E-state index in [-0.39, 0.29) is 34.3 Å². The van der Waals surface area contributed by atoms with Gasteiger partial charge in [-0.1, -0.05) is 71.9 Å². The van der Waals surface area contributed by atoms with E-state index in [0.29, 0.717) is 5.56 Å². The van der Waals surface area contributed by atoms with Crippen molar-refractivity contribution in [2.75, 3.05) is 0 Å². The van der Waals surface area contributed by atoms with Crippen LogP contribution in [0.3, 0.4) is 0 Å². The number of amides is 1. The van der Waals surface area contributed by atoms with E-state index in [1.165, 1.54) is 17.3 Å². The number of hydrogen-bond acceptors (Lipinski definition) is 3. The molecular weight excluding hydrogens is 360 g/mol. The summed E-state index contributed by atoms with van der Waals surface area (Å²) in [4.78, 5) is 12.4. The lowest BCUT2D eigenvalue weighted by atomic mass is 9.86. The predicted octanol–water partition coefficient (Wildman–Crippen LogP) is 5.24.